The Labute approximate surface area is 118 Å². The summed E-state index contributed by atoms with van der Waals surface area (Å²) in [5, 5.41) is 10.7. The van der Waals surface area contributed by atoms with Crippen LogP contribution >= 0.6 is 0 Å². The Bertz CT molecular complexity index is 710. The van der Waals surface area contributed by atoms with Crippen LogP contribution in [0.25, 0.3) is 0 Å². The summed E-state index contributed by atoms with van der Waals surface area (Å²) < 4.78 is 29.3. The van der Waals surface area contributed by atoms with Gasteiger partial charge in [-0.25, -0.2) is 13.1 Å². The number of nitrogens with one attached hydrogen (secondary N) is 2. The fourth-order valence-electron chi connectivity index (χ4n) is 2.23. The maximum atomic E-state index is 12.4. The van der Waals surface area contributed by atoms with Crippen LogP contribution in [0.15, 0.2) is 11.1 Å². The standard InChI is InChI=1S/C12H19N5O2S/c1-7(11-6-13-17(5)10(11)4)16-20(18,19)12-8(2)14-15-9(12)3/h6-7,16H,1-5H3,(H,14,15). The molecule has 0 aromatic carbocycles. The molecular weight excluding hydrogens is 278 g/mol. The molecule has 2 heterocycles. The Balaban J connectivity index is 2.32. The van der Waals surface area contributed by atoms with Crippen molar-refractivity contribution in [2.75, 3.05) is 0 Å². The van der Waals surface area contributed by atoms with E-state index in [1.165, 1.54) is 0 Å². The maximum Gasteiger partial charge on any atom is 0.244 e. The van der Waals surface area contributed by atoms with Crippen molar-refractivity contribution in [3.63, 3.8) is 0 Å². The van der Waals surface area contributed by atoms with Gasteiger partial charge in [-0.3, -0.25) is 9.78 Å². The molecule has 0 bridgehead atoms. The van der Waals surface area contributed by atoms with Crippen LogP contribution in [-0.4, -0.2) is 28.4 Å². The summed E-state index contributed by atoms with van der Waals surface area (Å²) in [4.78, 5) is 0.214. The van der Waals surface area contributed by atoms with E-state index in [1.807, 2.05) is 14.0 Å². The van der Waals surface area contributed by atoms with Crippen LogP contribution in [-0.2, 0) is 17.1 Å². The van der Waals surface area contributed by atoms with E-state index in [-0.39, 0.29) is 10.9 Å². The summed E-state index contributed by atoms with van der Waals surface area (Å²) in [5.74, 6) is 0. The third-order valence-corrected chi connectivity index (χ3v) is 5.20. The third kappa shape index (κ3) is 2.48. The lowest BCUT2D eigenvalue weighted by molar-refractivity contribution is 0.565. The number of aryl methyl sites for hydroxylation is 3. The number of hydrogen-bond acceptors (Lipinski definition) is 4. The van der Waals surface area contributed by atoms with Gasteiger partial charge in [0.1, 0.15) is 4.90 Å². The van der Waals surface area contributed by atoms with E-state index < -0.39 is 10.0 Å². The summed E-state index contributed by atoms with van der Waals surface area (Å²) in [7, 11) is -1.79. The lowest BCUT2D eigenvalue weighted by atomic mass is 10.1. The number of H-pyrrole nitrogens is 1. The van der Waals surface area contributed by atoms with Gasteiger partial charge in [-0.15, -0.1) is 0 Å². The highest BCUT2D eigenvalue weighted by Gasteiger charge is 2.25. The van der Waals surface area contributed by atoms with Gasteiger partial charge in [0.05, 0.1) is 17.6 Å². The van der Waals surface area contributed by atoms with E-state index in [9.17, 15) is 8.42 Å². The summed E-state index contributed by atoms with van der Waals surface area (Å²) in [6.45, 7) is 7.06. The second kappa shape index (κ2) is 5.02. The number of hydrogen-bond donors (Lipinski definition) is 2. The molecule has 110 valence electrons. The topological polar surface area (TPSA) is 92.7 Å². The summed E-state index contributed by atoms with van der Waals surface area (Å²) in [6, 6.07) is -0.359. The lowest BCUT2D eigenvalue weighted by Gasteiger charge is -2.14. The number of sulfonamides is 1. The summed E-state index contributed by atoms with van der Waals surface area (Å²) >= 11 is 0. The Hall–Kier alpha value is -1.67. The van der Waals surface area contributed by atoms with Gasteiger partial charge in [0, 0.05) is 24.3 Å². The van der Waals surface area contributed by atoms with Crippen LogP contribution in [0, 0.1) is 20.8 Å². The summed E-state index contributed by atoms with van der Waals surface area (Å²) in [6.07, 6.45) is 1.68. The summed E-state index contributed by atoms with van der Waals surface area (Å²) in [5.41, 5.74) is 2.78. The monoisotopic (exact) mass is 297 g/mol. The van der Waals surface area contributed by atoms with Crippen LogP contribution in [0.2, 0.25) is 0 Å². The second-order valence-corrected chi connectivity index (χ2v) is 6.57. The van der Waals surface area contributed by atoms with Crippen molar-refractivity contribution in [1.82, 2.24) is 24.7 Å². The molecule has 2 aromatic rings. The predicted molar refractivity (Wildman–Crippen MR) is 74.7 cm³/mol. The van der Waals surface area contributed by atoms with Gasteiger partial charge in [-0.2, -0.15) is 10.2 Å². The highest BCUT2D eigenvalue weighted by Crippen LogP contribution is 2.22. The molecule has 1 atom stereocenters. The molecule has 20 heavy (non-hydrogen) atoms. The van der Waals surface area contributed by atoms with Gasteiger partial charge in [0.15, 0.2) is 0 Å². The lowest BCUT2D eigenvalue weighted by Crippen LogP contribution is -2.28. The molecule has 0 radical (unpaired) electrons. The van der Waals surface area contributed by atoms with E-state index >= 15 is 0 Å². The SMILES string of the molecule is Cc1n[nH]c(C)c1S(=O)(=O)NC(C)c1cnn(C)c1C. The second-order valence-electron chi connectivity index (χ2n) is 4.92. The Kier molecular flexibility index (Phi) is 3.70. The van der Waals surface area contributed by atoms with Gasteiger partial charge in [0.2, 0.25) is 10.0 Å². The van der Waals surface area contributed by atoms with E-state index in [0.29, 0.717) is 11.4 Å². The molecule has 0 spiro atoms. The van der Waals surface area contributed by atoms with Crippen molar-refractivity contribution in [3.05, 3.63) is 28.8 Å². The quantitative estimate of drug-likeness (QED) is 0.884. The van der Waals surface area contributed by atoms with E-state index in [2.05, 4.69) is 20.0 Å². The minimum atomic E-state index is -3.61. The van der Waals surface area contributed by atoms with Crippen molar-refractivity contribution in [1.29, 1.82) is 0 Å². The van der Waals surface area contributed by atoms with Crippen LogP contribution in [0.1, 0.15) is 35.6 Å². The van der Waals surface area contributed by atoms with Gasteiger partial charge >= 0.3 is 0 Å². The largest absolute Gasteiger partial charge is 0.281 e. The zero-order valence-corrected chi connectivity index (χ0v) is 13.0. The zero-order valence-electron chi connectivity index (χ0n) is 12.2. The highest BCUT2D eigenvalue weighted by molar-refractivity contribution is 7.89. The van der Waals surface area contributed by atoms with Gasteiger partial charge in [-0.1, -0.05) is 0 Å². The molecule has 0 saturated heterocycles. The Morgan fingerprint density at radius 1 is 1.35 bits per heavy atom. The molecular formula is C12H19N5O2S. The molecule has 7 nitrogen and oxygen atoms in total. The first-order chi connectivity index (χ1) is 9.24. The molecule has 1 unspecified atom stereocenters. The first kappa shape index (κ1) is 14.7. The van der Waals surface area contributed by atoms with Crippen molar-refractivity contribution in [2.24, 2.45) is 7.05 Å². The maximum absolute atomic E-state index is 12.4. The molecule has 0 aliphatic heterocycles. The number of aromatic nitrogens is 4. The fraction of sp³-hybridized carbons (Fsp3) is 0.500. The molecule has 0 aliphatic rings. The van der Waals surface area contributed by atoms with Crippen LogP contribution < -0.4 is 4.72 Å². The molecule has 2 N–H and O–H groups in total. The van der Waals surface area contributed by atoms with Gasteiger partial charge < -0.3 is 0 Å². The highest BCUT2D eigenvalue weighted by atomic mass is 32.2. The normalized spacial score (nSPS) is 13.7. The van der Waals surface area contributed by atoms with Crippen molar-refractivity contribution in [3.8, 4) is 0 Å². The molecule has 0 saturated carbocycles. The average Bonchev–Trinajstić information content (AvgIpc) is 2.83. The molecule has 2 rings (SSSR count). The third-order valence-electron chi connectivity index (χ3n) is 3.40. The van der Waals surface area contributed by atoms with Gasteiger partial charge in [-0.05, 0) is 27.7 Å². The predicted octanol–water partition coefficient (Wildman–Crippen LogP) is 1.11. The fourth-order valence-corrected chi connectivity index (χ4v) is 3.83. The van der Waals surface area contributed by atoms with E-state index in [4.69, 9.17) is 0 Å². The van der Waals surface area contributed by atoms with Crippen molar-refractivity contribution < 1.29 is 8.42 Å². The van der Waals surface area contributed by atoms with E-state index in [1.54, 1.807) is 31.6 Å². The minimum absolute atomic E-state index is 0.214. The number of aromatic amines is 1. The van der Waals surface area contributed by atoms with Crippen LogP contribution in [0.4, 0.5) is 0 Å². The number of nitrogens with zero attached hydrogens (tertiary/aromatic N) is 3. The molecule has 2 aromatic heterocycles. The van der Waals surface area contributed by atoms with Crippen molar-refractivity contribution in [2.45, 2.75) is 38.6 Å². The van der Waals surface area contributed by atoms with Gasteiger partial charge in [0.25, 0.3) is 0 Å². The Morgan fingerprint density at radius 2 is 2.00 bits per heavy atom. The average molecular weight is 297 g/mol. The van der Waals surface area contributed by atoms with E-state index in [0.717, 1.165) is 11.3 Å². The number of rotatable bonds is 4. The van der Waals surface area contributed by atoms with Crippen molar-refractivity contribution >= 4 is 10.0 Å². The molecule has 0 fully saturated rings. The molecule has 0 aliphatic carbocycles. The zero-order chi connectivity index (χ0) is 15.1. The first-order valence-electron chi connectivity index (χ1n) is 6.26. The first-order valence-corrected chi connectivity index (χ1v) is 7.74. The Morgan fingerprint density at radius 3 is 2.45 bits per heavy atom. The smallest absolute Gasteiger partial charge is 0.244 e. The minimum Gasteiger partial charge on any atom is -0.281 e. The van der Waals surface area contributed by atoms with Crippen LogP contribution in [0.3, 0.4) is 0 Å². The molecule has 0 amide bonds. The molecule has 8 heteroatoms. The van der Waals surface area contributed by atoms with Crippen LogP contribution in [0.5, 0.6) is 0 Å².